The summed E-state index contributed by atoms with van der Waals surface area (Å²) in [6.45, 7) is 12.2. The van der Waals surface area contributed by atoms with Crippen LogP contribution in [-0.4, -0.2) is 21.7 Å². The summed E-state index contributed by atoms with van der Waals surface area (Å²) in [4.78, 5) is 14.9. The molecule has 1 N–H and O–H groups in total. The Morgan fingerprint density at radius 2 is 2.09 bits per heavy atom. The second kappa shape index (κ2) is 10.5. The summed E-state index contributed by atoms with van der Waals surface area (Å²) < 4.78 is 0. The molecular formula is C28H30N4. The lowest BCUT2D eigenvalue weighted by molar-refractivity contribution is 0.806. The van der Waals surface area contributed by atoms with Gasteiger partial charge in [-0.3, -0.25) is 4.99 Å². The van der Waals surface area contributed by atoms with Crippen molar-refractivity contribution in [3.05, 3.63) is 94.8 Å². The van der Waals surface area contributed by atoms with Gasteiger partial charge < -0.3 is 5.32 Å². The lowest BCUT2D eigenvalue weighted by Gasteiger charge is -2.27. The Morgan fingerprint density at radius 3 is 2.78 bits per heavy atom. The first-order chi connectivity index (χ1) is 15.5. The van der Waals surface area contributed by atoms with E-state index in [1.54, 1.807) is 0 Å². The smallest absolute Gasteiger partial charge is 0.114 e. The Hall–Kier alpha value is -3.71. The van der Waals surface area contributed by atoms with Crippen LogP contribution in [0.25, 0.3) is 11.8 Å². The largest absolute Gasteiger partial charge is 0.373 e. The molecule has 0 bridgehead atoms. The minimum atomic E-state index is 0.00460. The molecule has 0 saturated heterocycles. The van der Waals surface area contributed by atoms with Crippen molar-refractivity contribution in [2.24, 2.45) is 4.99 Å². The van der Waals surface area contributed by atoms with Gasteiger partial charge >= 0.3 is 0 Å². The maximum Gasteiger partial charge on any atom is 0.114 e. The lowest BCUT2D eigenvalue weighted by atomic mass is 9.93. The summed E-state index contributed by atoms with van der Waals surface area (Å²) in [5.41, 5.74) is 8.12. The number of terminal acetylenes is 1. The van der Waals surface area contributed by atoms with E-state index < -0.39 is 0 Å². The number of aromatic nitrogens is 2. The fraction of sp³-hybridized carbons (Fsp3) is 0.250. The molecule has 0 fully saturated rings. The quantitative estimate of drug-likeness (QED) is 0.470. The second-order valence-corrected chi connectivity index (χ2v) is 7.80. The van der Waals surface area contributed by atoms with E-state index >= 15 is 0 Å². The molecule has 4 heteroatoms. The molecular weight excluding hydrogens is 392 g/mol. The Morgan fingerprint density at radius 1 is 1.28 bits per heavy atom. The van der Waals surface area contributed by atoms with Gasteiger partial charge in [-0.2, -0.15) is 0 Å². The highest BCUT2D eigenvalue weighted by Crippen LogP contribution is 2.31. The van der Waals surface area contributed by atoms with Crippen molar-refractivity contribution >= 4 is 17.5 Å². The molecule has 0 radical (unpaired) electrons. The van der Waals surface area contributed by atoms with E-state index in [0.29, 0.717) is 12.8 Å². The molecule has 0 amide bonds. The Bertz CT molecular complexity index is 1160. The molecule has 1 unspecified atom stereocenters. The summed E-state index contributed by atoms with van der Waals surface area (Å²) in [6, 6.07) is 0.00460. The van der Waals surface area contributed by atoms with Crippen LogP contribution in [0.3, 0.4) is 0 Å². The first kappa shape index (κ1) is 23.0. The van der Waals surface area contributed by atoms with Crippen molar-refractivity contribution in [1.29, 1.82) is 0 Å². The predicted molar refractivity (Wildman–Crippen MR) is 136 cm³/mol. The maximum atomic E-state index is 5.63. The van der Waals surface area contributed by atoms with Crippen molar-refractivity contribution in [1.82, 2.24) is 15.3 Å². The van der Waals surface area contributed by atoms with Gasteiger partial charge in [0.25, 0.3) is 0 Å². The van der Waals surface area contributed by atoms with Gasteiger partial charge in [-0.05, 0) is 51.0 Å². The Balaban J connectivity index is 2.18. The van der Waals surface area contributed by atoms with E-state index in [1.165, 1.54) is 0 Å². The molecule has 2 aliphatic carbocycles. The summed E-state index contributed by atoms with van der Waals surface area (Å²) in [5, 5.41) is 3.64. The van der Waals surface area contributed by atoms with Gasteiger partial charge in [0.1, 0.15) is 11.4 Å². The van der Waals surface area contributed by atoms with Crippen LogP contribution in [0.5, 0.6) is 0 Å². The number of aliphatic imine (C=N–C) groups is 1. The predicted octanol–water partition coefficient (Wildman–Crippen LogP) is 5.73. The van der Waals surface area contributed by atoms with Crippen molar-refractivity contribution < 1.29 is 0 Å². The minimum Gasteiger partial charge on any atom is -0.373 e. The molecule has 0 spiro atoms. The van der Waals surface area contributed by atoms with E-state index in [-0.39, 0.29) is 6.04 Å². The molecule has 162 valence electrons. The standard InChI is InChI=1S/C28H30N4/c1-7-10-16-21(6)29-25-18-20(5)26(30-22-17-12-11-15-19(22)4)28-27(25)31-23(13-8-2)24(32-28)14-9-3/h2,7,9-12,14-17,22,30H,4,13,18H2,1,3,5-6H3/b10-7-,14-9-,21-16+,29-25+. The van der Waals surface area contributed by atoms with Crippen LogP contribution in [0, 0.1) is 12.3 Å². The zero-order chi connectivity index (χ0) is 23.1. The molecule has 1 aromatic rings. The Labute approximate surface area is 191 Å². The molecule has 1 heterocycles. The van der Waals surface area contributed by atoms with Gasteiger partial charge in [0.15, 0.2) is 0 Å². The van der Waals surface area contributed by atoms with Gasteiger partial charge in [0.05, 0.1) is 35.3 Å². The average molecular weight is 423 g/mol. The van der Waals surface area contributed by atoms with Crippen LogP contribution in [0.15, 0.2) is 77.0 Å². The van der Waals surface area contributed by atoms with E-state index in [1.807, 2.05) is 69.4 Å². The summed E-state index contributed by atoms with van der Waals surface area (Å²) in [7, 11) is 0. The van der Waals surface area contributed by atoms with Gasteiger partial charge in [0, 0.05) is 12.1 Å². The Kier molecular flexibility index (Phi) is 7.57. The molecule has 32 heavy (non-hydrogen) atoms. The van der Waals surface area contributed by atoms with Crippen molar-refractivity contribution in [2.75, 3.05) is 0 Å². The first-order valence-corrected chi connectivity index (χ1v) is 10.8. The first-order valence-electron chi connectivity index (χ1n) is 10.8. The maximum absolute atomic E-state index is 5.63. The molecule has 3 rings (SSSR count). The number of nitrogens with one attached hydrogen (secondary N) is 1. The molecule has 0 aliphatic heterocycles. The minimum absolute atomic E-state index is 0.00460. The van der Waals surface area contributed by atoms with Gasteiger partial charge in [-0.15, -0.1) is 12.3 Å². The van der Waals surface area contributed by atoms with E-state index in [9.17, 15) is 0 Å². The SMILES string of the molecule is C#CCc1nc2c(nc1/C=C\C)C(NC1C=CC=CC1=C)=C(C)C\C2=N/C(C)=C/C=C\C. The zero-order valence-electron chi connectivity index (χ0n) is 19.3. The third kappa shape index (κ3) is 5.12. The van der Waals surface area contributed by atoms with E-state index in [0.717, 1.165) is 51.0 Å². The average Bonchev–Trinajstić information content (AvgIpc) is 2.77. The van der Waals surface area contributed by atoms with Gasteiger partial charge in [0.2, 0.25) is 0 Å². The summed E-state index contributed by atoms with van der Waals surface area (Å²) in [6.07, 6.45) is 24.7. The zero-order valence-corrected chi connectivity index (χ0v) is 19.3. The monoisotopic (exact) mass is 422 g/mol. The number of nitrogens with zero attached hydrogens (tertiary/aromatic N) is 3. The third-order valence-electron chi connectivity index (χ3n) is 5.23. The van der Waals surface area contributed by atoms with Crippen LogP contribution in [-0.2, 0) is 6.42 Å². The van der Waals surface area contributed by atoms with Gasteiger partial charge in [-0.25, -0.2) is 9.97 Å². The molecule has 0 saturated carbocycles. The lowest BCUT2D eigenvalue weighted by Crippen LogP contribution is -2.32. The van der Waals surface area contributed by atoms with Crippen LogP contribution in [0.1, 0.15) is 56.9 Å². The summed E-state index contributed by atoms with van der Waals surface area (Å²) in [5.74, 6) is 2.71. The normalized spacial score (nSPS) is 19.8. The van der Waals surface area contributed by atoms with Gasteiger partial charge in [-0.1, -0.05) is 49.1 Å². The molecule has 4 nitrogen and oxygen atoms in total. The number of rotatable bonds is 6. The molecule has 1 atom stereocenters. The fourth-order valence-electron chi connectivity index (χ4n) is 3.65. The molecule has 0 aromatic carbocycles. The number of allylic oxidation sites excluding steroid dienone is 8. The molecule has 1 aromatic heterocycles. The highest BCUT2D eigenvalue weighted by Gasteiger charge is 2.28. The van der Waals surface area contributed by atoms with Crippen LogP contribution >= 0.6 is 0 Å². The summed E-state index contributed by atoms with van der Waals surface area (Å²) >= 11 is 0. The van der Waals surface area contributed by atoms with Crippen LogP contribution < -0.4 is 5.32 Å². The highest BCUT2D eigenvalue weighted by molar-refractivity contribution is 6.07. The van der Waals surface area contributed by atoms with E-state index in [4.69, 9.17) is 21.4 Å². The highest BCUT2D eigenvalue weighted by atomic mass is 15.0. The van der Waals surface area contributed by atoms with Crippen molar-refractivity contribution in [3.8, 4) is 12.3 Å². The van der Waals surface area contributed by atoms with Crippen LogP contribution in [0.4, 0.5) is 0 Å². The van der Waals surface area contributed by atoms with Crippen LogP contribution in [0.2, 0.25) is 0 Å². The van der Waals surface area contributed by atoms with Crippen molar-refractivity contribution in [2.45, 2.75) is 46.6 Å². The molecule has 2 aliphatic rings. The topological polar surface area (TPSA) is 50.2 Å². The van der Waals surface area contributed by atoms with E-state index in [2.05, 4.69) is 30.8 Å². The number of hydrogen-bond acceptors (Lipinski definition) is 4. The number of hydrogen-bond donors (Lipinski definition) is 1. The second-order valence-electron chi connectivity index (χ2n) is 7.80. The fourth-order valence-corrected chi connectivity index (χ4v) is 3.65. The van der Waals surface area contributed by atoms with Crippen molar-refractivity contribution in [3.63, 3.8) is 0 Å². The third-order valence-corrected chi connectivity index (χ3v) is 5.23. The number of fused-ring (bicyclic) bond motifs is 1.